The Labute approximate surface area is 115 Å². The number of rotatable bonds is 8. The zero-order valence-corrected chi connectivity index (χ0v) is 12.3. The zero-order valence-electron chi connectivity index (χ0n) is 12.3. The summed E-state index contributed by atoms with van der Waals surface area (Å²) in [6, 6.07) is 8.12. The lowest BCUT2D eigenvalue weighted by Gasteiger charge is -2.26. The zero-order chi connectivity index (χ0) is 14.3. The van der Waals surface area contributed by atoms with Gasteiger partial charge in [-0.05, 0) is 31.5 Å². The summed E-state index contributed by atoms with van der Waals surface area (Å²) >= 11 is 0. The van der Waals surface area contributed by atoms with E-state index >= 15 is 0 Å². The summed E-state index contributed by atoms with van der Waals surface area (Å²) in [6.07, 6.45) is 0.617. The lowest BCUT2D eigenvalue weighted by Crippen LogP contribution is -2.39. The minimum absolute atomic E-state index is 0.180. The molecule has 2 atom stereocenters. The fraction of sp³-hybridized carbons (Fsp3) is 0.600. The lowest BCUT2D eigenvalue weighted by molar-refractivity contribution is 0.0231. The molecule has 19 heavy (non-hydrogen) atoms. The molecule has 0 saturated heterocycles. The largest absolute Gasteiger partial charge is 0.497 e. The molecular weight excluding hydrogens is 242 g/mol. The van der Waals surface area contributed by atoms with Crippen LogP contribution >= 0.6 is 0 Å². The molecule has 0 amide bonds. The van der Waals surface area contributed by atoms with Crippen molar-refractivity contribution in [1.82, 2.24) is 5.32 Å². The molecular formula is C15H25NO3. The number of hydrogen-bond donors (Lipinski definition) is 2. The minimum Gasteiger partial charge on any atom is -0.497 e. The fourth-order valence-corrected chi connectivity index (χ4v) is 1.79. The van der Waals surface area contributed by atoms with Crippen molar-refractivity contribution < 1.29 is 14.6 Å². The maximum atomic E-state index is 10.2. The van der Waals surface area contributed by atoms with E-state index in [-0.39, 0.29) is 6.04 Å². The Morgan fingerprint density at radius 1 is 1.26 bits per heavy atom. The Kier molecular flexibility index (Phi) is 6.28. The quantitative estimate of drug-likeness (QED) is 0.757. The minimum atomic E-state index is -0.753. The Balaban J connectivity index is 2.47. The number of nitrogens with one attached hydrogen (secondary N) is 1. The molecule has 0 radical (unpaired) electrons. The van der Waals surface area contributed by atoms with E-state index in [1.807, 2.05) is 31.2 Å². The highest BCUT2D eigenvalue weighted by Gasteiger charge is 2.20. The second-order valence-corrected chi connectivity index (χ2v) is 5.12. The van der Waals surface area contributed by atoms with Crippen LogP contribution in [0.5, 0.6) is 5.75 Å². The maximum Gasteiger partial charge on any atom is 0.118 e. The summed E-state index contributed by atoms with van der Waals surface area (Å²) in [5.74, 6) is 0.850. The summed E-state index contributed by atoms with van der Waals surface area (Å²) in [6.45, 7) is 4.99. The molecule has 0 aliphatic carbocycles. The van der Waals surface area contributed by atoms with E-state index in [2.05, 4.69) is 12.2 Å². The highest BCUT2D eigenvalue weighted by molar-refractivity contribution is 5.28. The molecule has 0 aromatic heterocycles. The van der Waals surface area contributed by atoms with Crippen molar-refractivity contribution in [2.75, 3.05) is 27.4 Å². The first-order valence-corrected chi connectivity index (χ1v) is 6.57. The van der Waals surface area contributed by atoms with Crippen LogP contribution in [0.25, 0.3) is 0 Å². The van der Waals surface area contributed by atoms with Crippen molar-refractivity contribution in [3.63, 3.8) is 0 Å². The van der Waals surface area contributed by atoms with E-state index < -0.39 is 5.60 Å². The van der Waals surface area contributed by atoms with Gasteiger partial charge in [0.05, 0.1) is 12.7 Å². The van der Waals surface area contributed by atoms with Crippen molar-refractivity contribution in [3.8, 4) is 5.75 Å². The van der Waals surface area contributed by atoms with Crippen molar-refractivity contribution >= 4 is 0 Å². The number of hydrogen-bond acceptors (Lipinski definition) is 4. The smallest absolute Gasteiger partial charge is 0.118 e. The average Bonchev–Trinajstić information content (AvgIpc) is 2.43. The first-order valence-electron chi connectivity index (χ1n) is 6.57. The lowest BCUT2D eigenvalue weighted by atomic mass is 10.0. The molecule has 1 aromatic carbocycles. The SMILES string of the molecule is COCCC(C)(O)CNC(C)c1ccc(OC)cc1. The summed E-state index contributed by atoms with van der Waals surface area (Å²) < 4.78 is 10.1. The van der Waals surface area contributed by atoms with Gasteiger partial charge in [0.25, 0.3) is 0 Å². The first-order chi connectivity index (χ1) is 8.98. The topological polar surface area (TPSA) is 50.7 Å². The number of methoxy groups -OCH3 is 2. The van der Waals surface area contributed by atoms with Gasteiger partial charge in [0, 0.05) is 32.7 Å². The molecule has 1 aromatic rings. The molecule has 4 heteroatoms. The van der Waals surface area contributed by atoms with Crippen molar-refractivity contribution in [1.29, 1.82) is 0 Å². The summed E-state index contributed by atoms with van der Waals surface area (Å²) in [4.78, 5) is 0. The third-order valence-corrected chi connectivity index (χ3v) is 3.25. The fourth-order valence-electron chi connectivity index (χ4n) is 1.79. The molecule has 0 aliphatic heterocycles. The van der Waals surface area contributed by atoms with Gasteiger partial charge in [0.15, 0.2) is 0 Å². The molecule has 1 rings (SSSR count). The molecule has 0 heterocycles. The van der Waals surface area contributed by atoms with Crippen molar-refractivity contribution in [2.45, 2.75) is 31.9 Å². The molecule has 0 bridgehead atoms. The number of ether oxygens (including phenoxy) is 2. The predicted molar refractivity (Wildman–Crippen MR) is 76.5 cm³/mol. The van der Waals surface area contributed by atoms with E-state index in [0.717, 1.165) is 5.75 Å². The second-order valence-electron chi connectivity index (χ2n) is 5.12. The van der Waals surface area contributed by atoms with Gasteiger partial charge in [0.1, 0.15) is 5.75 Å². The van der Waals surface area contributed by atoms with Gasteiger partial charge >= 0.3 is 0 Å². The standard InChI is InChI=1S/C15H25NO3/c1-12(13-5-7-14(19-4)8-6-13)16-11-15(2,17)9-10-18-3/h5-8,12,16-17H,9-11H2,1-4H3. The first kappa shape index (κ1) is 16.0. The Hall–Kier alpha value is -1.10. The van der Waals surface area contributed by atoms with E-state index in [1.54, 1.807) is 14.2 Å². The Morgan fingerprint density at radius 3 is 2.42 bits per heavy atom. The van der Waals surface area contributed by atoms with Gasteiger partial charge in [-0.3, -0.25) is 0 Å². The van der Waals surface area contributed by atoms with E-state index in [9.17, 15) is 5.11 Å². The normalized spacial score (nSPS) is 15.8. The van der Waals surface area contributed by atoms with Gasteiger partial charge in [-0.2, -0.15) is 0 Å². The highest BCUT2D eigenvalue weighted by atomic mass is 16.5. The second kappa shape index (κ2) is 7.48. The van der Waals surface area contributed by atoms with Crippen LogP contribution in [0.3, 0.4) is 0 Å². The van der Waals surface area contributed by atoms with E-state index in [1.165, 1.54) is 5.56 Å². The average molecular weight is 267 g/mol. The Morgan fingerprint density at radius 2 is 1.89 bits per heavy atom. The molecule has 0 aliphatic rings. The molecule has 4 nitrogen and oxygen atoms in total. The summed E-state index contributed by atoms with van der Waals surface area (Å²) in [5, 5.41) is 13.5. The van der Waals surface area contributed by atoms with Gasteiger partial charge < -0.3 is 19.9 Å². The number of benzene rings is 1. The van der Waals surface area contributed by atoms with Crippen LogP contribution in [0, 0.1) is 0 Å². The third kappa shape index (κ3) is 5.59. The van der Waals surface area contributed by atoms with Crippen LogP contribution in [0.2, 0.25) is 0 Å². The van der Waals surface area contributed by atoms with Crippen LogP contribution in [0.4, 0.5) is 0 Å². The highest BCUT2D eigenvalue weighted by Crippen LogP contribution is 2.18. The molecule has 2 unspecified atom stereocenters. The van der Waals surface area contributed by atoms with Gasteiger partial charge in [-0.1, -0.05) is 12.1 Å². The third-order valence-electron chi connectivity index (χ3n) is 3.25. The molecule has 0 fully saturated rings. The van der Waals surface area contributed by atoms with Crippen molar-refractivity contribution in [3.05, 3.63) is 29.8 Å². The van der Waals surface area contributed by atoms with E-state index in [4.69, 9.17) is 9.47 Å². The van der Waals surface area contributed by atoms with E-state index in [0.29, 0.717) is 19.6 Å². The van der Waals surface area contributed by atoms with Crippen LogP contribution in [-0.2, 0) is 4.74 Å². The predicted octanol–water partition coefficient (Wildman–Crippen LogP) is 2.13. The van der Waals surface area contributed by atoms with Crippen molar-refractivity contribution in [2.24, 2.45) is 0 Å². The van der Waals surface area contributed by atoms with Gasteiger partial charge in [-0.15, -0.1) is 0 Å². The van der Waals surface area contributed by atoms with Gasteiger partial charge in [-0.25, -0.2) is 0 Å². The van der Waals surface area contributed by atoms with Crippen LogP contribution in [-0.4, -0.2) is 38.1 Å². The monoisotopic (exact) mass is 267 g/mol. The molecule has 0 spiro atoms. The van der Waals surface area contributed by atoms with Crippen LogP contribution in [0.1, 0.15) is 31.9 Å². The molecule has 0 saturated carbocycles. The Bertz CT molecular complexity index is 362. The number of aliphatic hydroxyl groups is 1. The van der Waals surface area contributed by atoms with Crippen LogP contribution < -0.4 is 10.1 Å². The van der Waals surface area contributed by atoms with Crippen LogP contribution in [0.15, 0.2) is 24.3 Å². The maximum absolute atomic E-state index is 10.2. The summed E-state index contributed by atoms with van der Waals surface area (Å²) in [7, 11) is 3.30. The molecule has 2 N–H and O–H groups in total. The van der Waals surface area contributed by atoms with Gasteiger partial charge in [0.2, 0.25) is 0 Å². The summed E-state index contributed by atoms with van der Waals surface area (Å²) in [5.41, 5.74) is 0.417. The molecule has 108 valence electrons.